The van der Waals surface area contributed by atoms with E-state index in [4.69, 9.17) is 18.2 Å². The average molecular weight is 833 g/mol. The molecule has 2 aromatic heterocycles. The van der Waals surface area contributed by atoms with E-state index in [1.54, 1.807) is 29.2 Å². The topological polar surface area (TPSA) is 150 Å². The smallest absolute Gasteiger partial charge is 0.296 e. The summed E-state index contributed by atoms with van der Waals surface area (Å²) in [6, 6.07) is 17.8. The molecule has 15 heteroatoms. The molecule has 1 amide bonds. The maximum absolute atomic E-state index is 14.7. The lowest BCUT2D eigenvalue weighted by Gasteiger charge is -2.28. The Labute approximate surface area is 336 Å². The number of amides is 1. The fourth-order valence-electron chi connectivity index (χ4n) is 7.87. The Morgan fingerprint density at radius 1 is 0.842 bits per heavy atom. The summed E-state index contributed by atoms with van der Waals surface area (Å²) in [5.74, 6) is -0.262. The zero-order valence-corrected chi connectivity index (χ0v) is 36.2. The fourth-order valence-corrected chi connectivity index (χ4v) is 10.4. The van der Waals surface area contributed by atoms with Gasteiger partial charge in [-0.3, -0.25) is 13.2 Å². The Morgan fingerprint density at radius 2 is 1.44 bits per heavy atom. The van der Waals surface area contributed by atoms with Gasteiger partial charge in [0.25, 0.3) is 20.2 Å². The number of hydrogen-bond donors (Lipinski definition) is 1. The molecule has 1 N–H and O–H groups in total. The maximum Gasteiger partial charge on any atom is 0.296 e. The highest BCUT2D eigenvalue weighted by atomic mass is 32.2. The molecule has 0 radical (unpaired) electrons. The fraction of sp³-hybridized carbons (Fsp3) is 0.429. The molecule has 3 aromatic carbocycles. The minimum Gasteiger partial charge on any atom is -0.360 e. The lowest BCUT2D eigenvalue weighted by atomic mass is 9.76. The third kappa shape index (κ3) is 8.41. The number of H-pyrrole nitrogens is 1. The molecule has 0 saturated carbocycles. The van der Waals surface area contributed by atoms with Gasteiger partial charge in [-0.25, -0.2) is 4.68 Å². The van der Waals surface area contributed by atoms with Gasteiger partial charge in [0.05, 0.1) is 34.1 Å². The van der Waals surface area contributed by atoms with Crippen LogP contribution in [0.25, 0.3) is 22.3 Å². The highest BCUT2D eigenvalue weighted by Gasteiger charge is 2.51. The van der Waals surface area contributed by atoms with E-state index in [2.05, 4.69) is 30.8 Å². The molecular formula is C42H52N4O8S2Si. The van der Waals surface area contributed by atoms with E-state index in [9.17, 15) is 21.6 Å². The predicted octanol–water partition coefficient (Wildman–Crippen LogP) is 7.64. The first-order valence-corrected chi connectivity index (χ1v) is 26.1. The summed E-state index contributed by atoms with van der Waals surface area (Å²) in [5, 5.41) is 5.96. The molecule has 0 bridgehead atoms. The summed E-state index contributed by atoms with van der Waals surface area (Å²) >= 11 is 0. The van der Waals surface area contributed by atoms with E-state index in [1.165, 1.54) is 24.3 Å². The van der Waals surface area contributed by atoms with E-state index < -0.39 is 33.7 Å². The number of hydrogen-bond acceptors (Lipinski definition) is 9. The van der Waals surface area contributed by atoms with Gasteiger partial charge in [-0.1, -0.05) is 55.0 Å². The number of nitrogens with zero attached hydrogens (tertiary/aromatic N) is 3. The van der Waals surface area contributed by atoms with E-state index in [0.717, 1.165) is 69.9 Å². The van der Waals surface area contributed by atoms with Crippen molar-refractivity contribution in [3.05, 3.63) is 94.7 Å². The van der Waals surface area contributed by atoms with Crippen LogP contribution in [0.5, 0.6) is 0 Å². The number of carbonyl (C=O) groups is 1. The molecular weight excluding hydrogens is 781 g/mol. The van der Waals surface area contributed by atoms with Gasteiger partial charge < -0.3 is 14.6 Å². The van der Waals surface area contributed by atoms with E-state index in [0.29, 0.717) is 31.1 Å². The lowest BCUT2D eigenvalue weighted by molar-refractivity contribution is -0.124. The third-order valence-electron chi connectivity index (χ3n) is 11.1. The number of benzene rings is 3. The number of anilines is 1. The highest BCUT2D eigenvalue weighted by Crippen LogP contribution is 2.49. The van der Waals surface area contributed by atoms with Crippen LogP contribution >= 0.6 is 0 Å². The van der Waals surface area contributed by atoms with Crippen molar-refractivity contribution in [3.63, 3.8) is 0 Å². The van der Waals surface area contributed by atoms with Gasteiger partial charge in [0.2, 0.25) is 5.91 Å². The minimum atomic E-state index is -4.15. The first kappa shape index (κ1) is 41.1. The molecule has 2 aliphatic rings. The van der Waals surface area contributed by atoms with Crippen molar-refractivity contribution in [3.8, 4) is 11.4 Å². The standard InChI is InChI=1S/C42H52N4O8S2Si/c1-7-46-38-25-35-34-10-8-9-31-27-45(28-52-23-24-57(4,5)6)44-39(31)40(34)43-37(35)26-36(38)42(41(46)47,19-21-53-55(48,49)32-15-11-29(2)12-16-32)20-22-54-56(50,51)33-17-13-30(3)14-18-33/h11-18,25-27,43H,7-10,19-24,28H2,1-6H3. The first-order chi connectivity index (χ1) is 27.0. The predicted molar refractivity (Wildman–Crippen MR) is 223 cm³/mol. The van der Waals surface area contributed by atoms with Gasteiger partial charge in [0.15, 0.2) is 0 Å². The number of nitrogens with one attached hydrogen (secondary N) is 1. The average Bonchev–Trinajstić information content (AvgIpc) is 3.75. The van der Waals surface area contributed by atoms with E-state index >= 15 is 0 Å². The zero-order valence-electron chi connectivity index (χ0n) is 33.6. The van der Waals surface area contributed by atoms with Crippen LogP contribution in [-0.2, 0) is 63.1 Å². The van der Waals surface area contributed by atoms with Crippen LogP contribution in [-0.4, -0.2) is 71.9 Å². The second-order valence-corrected chi connectivity index (χ2v) is 25.3. The Morgan fingerprint density at radius 3 is 2.00 bits per heavy atom. The summed E-state index contributed by atoms with van der Waals surface area (Å²) in [7, 11) is -9.52. The van der Waals surface area contributed by atoms with Crippen LogP contribution < -0.4 is 4.90 Å². The first-order valence-electron chi connectivity index (χ1n) is 19.6. The summed E-state index contributed by atoms with van der Waals surface area (Å²) in [5.41, 5.74) is 6.70. The molecule has 1 aliphatic carbocycles. The molecule has 0 fully saturated rings. The Hall–Kier alpha value is -4.12. The van der Waals surface area contributed by atoms with Gasteiger partial charge in [-0.15, -0.1) is 0 Å². The van der Waals surface area contributed by atoms with Crippen LogP contribution in [0.15, 0.2) is 76.7 Å². The molecule has 0 unspecified atom stereocenters. The van der Waals surface area contributed by atoms with Crippen LogP contribution in [0, 0.1) is 13.8 Å². The van der Waals surface area contributed by atoms with Crippen LogP contribution in [0.2, 0.25) is 25.7 Å². The van der Waals surface area contributed by atoms with Gasteiger partial charge in [-0.2, -0.15) is 21.9 Å². The van der Waals surface area contributed by atoms with Crippen LogP contribution in [0.4, 0.5) is 5.69 Å². The Balaban J connectivity index is 1.24. The number of aromatic amines is 1. The SMILES string of the molecule is CCN1C(=O)C(CCOS(=O)(=O)c2ccc(C)cc2)(CCOS(=O)(=O)c2ccc(C)cc2)c2cc3[nH]c4c(c3cc21)CCCc1cn(COCC[Si](C)(C)C)nc1-4. The molecule has 5 aromatic rings. The highest BCUT2D eigenvalue weighted by molar-refractivity contribution is 7.87. The summed E-state index contributed by atoms with van der Waals surface area (Å²) < 4.78 is 72.2. The quantitative estimate of drug-likeness (QED) is 0.0601. The normalized spacial score (nSPS) is 15.5. The van der Waals surface area contributed by atoms with Gasteiger partial charge in [0, 0.05) is 44.0 Å². The molecule has 304 valence electrons. The number of rotatable bonds is 16. The summed E-state index contributed by atoms with van der Waals surface area (Å²) in [4.78, 5) is 20.1. The number of fused-ring (bicyclic) bond motifs is 6. The van der Waals surface area contributed by atoms with Crippen LogP contribution in [0.3, 0.4) is 0 Å². The summed E-state index contributed by atoms with van der Waals surface area (Å²) in [6.45, 7) is 13.4. The van der Waals surface area contributed by atoms with Crippen molar-refractivity contribution < 1.29 is 34.7 Å². The largest absolute Gasteiger partial charge is 0.360 e. The second kappa shape index (κ2) is 15.9. The molecule has 0 spiro atoms. The molecule has 0 atom stereocenters. The number of carbonyl (C=O) groups excluding carboxylic acids is 1. The minimum absolute atomic E-state index is 0.0116. The number of ether oxygens (including phenoxy) is 1. The van der Waals surface area contributed by atoms with Crippen molar-refractivity contribution in [2.45, 2.75) is 100 Å². The van der Waals surface area contributed by atoms with Gasteiger partial charge in [-0.05, 0) is 112 Å². The maximum atomic E-state index is 14.7. The van der Waals surface area contributed by atoms with E-state index in [-0.39, 0.29) is 41.8 Å². The van der Waals surface area contributed by atoms with Crippen molar-refractivity contribution in [1.29, 1.82) is 0 Å². The number of aromatic nitrogens is 3. The lowest BCUT2D eigenvalue weighted by Crippen LogP contribution is -2.42. The molecule has 12 nitrogen and oxygen atoms in total. The molecule has 7 rings (SSSR count). The van der Waals surface area contributed by atoms with Gasteiger partial charge in [0.1, 0.15) is 12.4 Å². The van der Waals surface area contributed by atoms with Crippen molar-refractivity contribution in [2.75, 3.05) is 31.3 Å². The molecule has 0 saturated heterocycles. The molecule has 57 heavy (non-hydrogen) atoms. The van der Waals surface area contributed by atoms with Crippen LogP contribution in [0.1, 0.15) is 54.0 Å². The van der Waals surface area contributed by atoms with Crippen molar-refractivity contribution in [1.82, 2.24) is 14.8 Å². The second-order valence-electron chi connectivity index (χ2n) is 16.4. The summed E-state index contributed by atoms with van der Waals surface area (Å²) in [6.07, 6.45) is 4.62. The molecule has 3 heterocycles. The van der Waals surface area contributed by atoms with E-state index in [1.807, 2.05) is 37.6 Å². The van der Waals surface area contributed by atoms with Crippen molar-refractivity contribution in [2.24, 2.45) is 0 Å². The number of aryl methyl sites for hydroxylation is 4. The Kier molecular flexibility index (Phi) is 11.5. The number of likely N-dealkylation sites (N-methyl/N-ethyl adjacent to an activating group) is 1. The third-order valence-corrected chi connectivity index (χ3v) is 15.5. The van der Waals surface area contributed by atoms with Gasteiger partial charge >= 0.3 is 0 Å². The monoisotopic (exact) mass is 832 g/mol. The molecule has 1 aliphatic heterocycles. The zero-order chi connectivity index (χ0) is 40.8. The van der Waals surface area contributed by atoms with Crippen molar-refractivity contribution >= 4 is 50.8 Å². The Bertz CT molecular complexity index is 2420.